The van der Waals surface area contributed by atoms with Gasteiger partial charge in [0.25, 0.3) is 0 Å². The van der Waals surface area contributed by atoms with Gasteiger partial charge in [0.05, 0.1) is 0 Å². The van der Waals surface area contributed by atoms with Crippen LogP contribution < -0.4 is 9.08 Å². The Morgan fingerprint density at radius 2 is 1.80 bits per heavy atom. The van der Waals surface area contributed by atoms with Crippen molar-refractivity contribution in [2.75, 3.05) is 19.0 Å². The van der Waals surface area contributed by atoms with E-state index < -0.39 is 10.3 Å². The van der Waals surface area contributed by atoms with Crippen LogP contribution in [0, 0.1) is 0 Å². The van der Waals surface area contributed by atoms with Crippen LogP contribution in [0.2, 0.25) is 0 Å². The van der Waals surface area contributed by atoms with Crippen LogP contribution in [0.1, 0.15) is 0 Å². The molecule has 0 aliphatic heterocycles. The molecule has 0 N–H and O–H groups in total. The van der Waals surface area contributed by atoms with Gasteiger partial charge in [-0.1, -0.05) is 0 Å². The van der Waals surface area contributed by atoms with Crippen molar-refractivity contribution in [3.8, 4) is 5.75 Å². The minimum absolute atomic E-state index is 0.0957. The molecule has 0 saturated carbocycles. The number of rotatable bonds is 4. The molecule has 0 unspecified atom stereocenters. The Labute approximate surface area is 88.2 Å². The highest BCUT2D eigenvalue weighted by atomic mass is 32.2. The van der Waals surface area contributed by atoms with Gasteiger partial charge in [0.2, 0.25) is 0 Å². The highest BCUT2D eigenvalue weighted by Crippen LogP contribution is 2.19. The largest absolute Gasteiger partial charge is 0.692 e. The SMILES string of the molecule is CN(C)c1ccc(OS(=O)(=O)N=[N-])cc1. The lowest BCUT2D eigenvalue weighted by molar-refractivity contribution is 0.487. The second-order valence-electron chi connectivity index (χ2n) is 2.98. The molecule has 82 valence electrons. The number of nitrogens with zero attached hydrogens (tertiary/aromatic N) is 3. The monoisotopic (exact) mass is 228 g/mol. The fourth-order valence-corrected chi connectivity index (χ4v) is 1.33. The second kappa shape index (κ2) is 4.26. The van der Waals surface area contributed by atoms with Gasteiger partial charge >= 0.3 is 10.3 Å². The molecule has 0 saturated heterocycles. The molecule has 0 radical (unpaired) electrons. The first-order valence-corrected chi connectivity index (χ1v) is 5.39. The highest BCUT2D eigenvalue weighted by molar-refractivity contribution is 7.85. The molecule has 0 fully saturated rings. The van der Waals surface area contributed by atoms with Gasteiger partial charge in [-0.25, -0.2) is 0 Å². The van der Waals surface area contributed by atoms with E-state index in [2.05, 4.69) is 8.70 Å². The predicted octanol–water partition coefficient (Wildman–Crippen LogP) is 1.40. The lowest BCUT2D eigenvalue weighted by Gasteiger charge is -2.12. The fraction of sp³-hybridized carbons (Fsp3) is 0.250. The molecule has 0 atom stereocenters. The van der Waals surface area contributed by atoms with E-state index in [0.29, 0.717) is 0 Å². The lowest BCUT2D eigenvalue weighted by atomic mass is 10.3. The van der Waals surface area contributed by atoms with Gasteiger partial charge < -0.3 is 14.6 Å². The van der Waals surface area contributed by atoms with Crippen molar-refractivity contribution in [1.29, 1.82) is 0 Å². The summed E-state index contributed by atoms with van der Waals surface area (Å²) in [4.78, 5) is 1.86. The Hall–Kier alpha value is -1.63. The molecule has 15 heavy (non-hydrogen) atoms. The Balaban J connectivity index is 2.86. The summed E-state index contributed by atoms with van der Waals surface area (Å²) in [6.07, 6.45) is 0. The minimum Gasteiger partial charge on any atom is -0.692 e. The third kappa shape index (κ3) is 3.21. The van der Waals surface area contributed by atoms with Gasteiger partial charge in [-0.15, -0.1) is 0 Å². The van der Waals surface area contributed by atoms with E-state index in [1.165, 1.54) is 12.1 Å². The smallest absolute Gasteiger partial charge is 0.409 e. The van der Waals surface area contributed by atoms with Gasteiger partial charge in [0.1, 0.15) is 5.75 Å². The summed E-state index contributed by atoms with van der Waals surface area (Å²) in [7, 11) is -0.525. The van der Waals surface area contributed by atoms with Gasteiger partial charge in [-0.2, -0.15) is 8.42 Å². The summed E-state index contributed by atoms with van der Waals surface area (Å²) >= 11 is 0. The van der Waals surface area contributed by atoms with Crippen LogP contribution in [0.25, 0.3) is 5.53 Å². The van der Waals surface area contributed by atoms with Crippen molar-refractivity contribution in [2.45, 2.75) is 0 Å². The molecule has 1 aromatic rings. The number of hydrogen-bond acceptors (Lipinski definition) is 4. The predicted molar refractivity (Wildman–Crippen MR) is 56.1 cm³/mol. The van der Waals surface area contributed by atoms with Crippen molar-refractivity contribution in [1.82, 2.24) is 0 Å². The van der Waals surface area contributed by atoms with E-state index in [1.807, 2.05) is 19.0 Å². The average Bonchev–Trinajstić information content (AvgIpc) is 2.18. The minimum atomic E-state index is -4.24. The Morgan fingerprint density at radius 1 is 1.27 bits per heavy atom. The van der Waals surface area contributed by atoms with Crippen molar-refractivity contribution in [2.24, 2.45) is 4.52 Å². The quantitative estimate of drug-likeness (QED) is 0.729. The maximum Gasteiger partial charge on any atom is 0.409 e. The van der Waals surface area contributed by atoms with E-state index in [-0.39, 0.29) is 5.75 Å². The van der Waals surface area contributed by atoms with Crippen molar-refractivity contribution in [3.63, 3.8) is 0 Å². The maximum atomic E-state index is 10.7. The molecule has 6 nitrogen and oxygen atoms in total. The summed E-state index contributed by atoms with van der Waals surface area (Å²) in [6, 6.07) is 6.31. The zero-order chi connectivity index (χ0) is 11.5. The Morgan fingerprint density at radius 3 is 2.20 bits per heavy atom. The molecule has 0 aliphatic rings. The summed E-state index contributed by atoms with van der Waals surface area (Å²) in [5.41, 5.74) is 9.01. The maximum absolute atomic E-state index is 10.7. The van der Waals surface area contributed by atoms with Crippen LogP contribution in [-0.4, -0.2) is 22.5 Å². The first-order valence-electron chi connectivity index (χ1n) is 4.03. The van der Waals surface area contributed by atoms with E-state index in [1.54, 1.807) is 12.1 Å². The number of hydrogen-bond donors (Lipinski definition) is 0. The highest BCUT2D eigenvalue weighted by Gasteiger charge is 2.06. The molecule has 1 aromatic carbocycles. The number of anilines is 1. The summed E-state index contributed by atoms with van der Waals surface area (Å²) in [5.74, 6) is 0.0957. The molecule has 0 spiro atoms. The second-order valence-corrected chi connectivity index (χ2v) is 4.17. The van der Waals surface area contributed by atoms with Crippen molar-refractivity contribution in [3.05, 3.63) is 29.8 Å². The van der Waals surface area contributed by atoms with E-state index in [9.17, 15) is 8.42 Å². The van der Waals surface area contributed by atoms with E-state index in [4.69, 9.17) is 5.53 Å². The van der Waals surface area contributed by atoms with Crippen molar-refractivity contribution >= 4 is 16.0 Å². The van der Waals surface area contributed by atoms with Gasteiger partial charge in [-0.05, 0) is 24.3 Å². The first kappa shape index (κ1) is 11.4. The molecule has 0 amide bonds. The molecular formula is C8H10N3O3S-. The van der Waals surface area contributed by atoms with Crippen LogP contribution in [-0.2, 0) is 10.3 Å². The molecule has 0 heterocycles. The first-order chi connectivity index (χ1) is 6.94. The fourth-order valence-electron chi connectivity index (χ4n) is 0.938. The van der Waals surface area contributed by atoms with Crippen LogP contribution in [0.15, 0.2) is 28.8 Å². The van der Waals surface area contributed by atoms with Crippen LogP contribution in [0.5, 0.6) is 5.75 Å². The molecule has 0 aromatic heterocycles. The topological polar surface area (TPSA) is 81.3 Å². The number of benzene rings is 1. The standard InChI is InChI=1S/C8H10N3O3S/c1-11(2)7-3-5-8(6-4-7)14-15(12,13)10-9/h3-6H,1-2H3/q-1. The zero-order valence-electron chi connectivity index (χ0n) is 8.28. The van der Waals surface area contributed by atoms with Crippen LogP contribution >= 0.6 is 0 Å². The molecule has 0 bridgehead atoms. The van der Waals surface area contributed by atoms with Gasteiger partial charge in [0.15, 0.2) is 0 Å². The molecule has 1 rings (SSSR count). The molecule has 7 heteroatoms. The summed E-state index contributed by atoms with van der Waals surface area (Å²) in [6.45, 7) is 0. The van der Waals surface area contributed by atoms with Crippen molar-refractivity contribution < 1.29 is 12.6 Å². The summed E-state index contributed by atoms with van der Waals surface area (Å²) < 4.78 is 28.0. The lowest BCUT2D eigenvalue weighted by Crippen LogP contribution is -2.08. The Kier molecular flexibility index (Phi) is 3.25. The third-order valence-corrected chi connectivity index (χ3v) is 2.26. The zero-order valence-corrected chi connectivity index (χ0v) is 9.10. The molecular weight excluding hydrogens is 218 g/mol. The van der Waals surface area contributed by atoms with E-state index in [0.717, 1.165) is 5.69 Å². The Bertz CT molecular complexity index is 439. The van der Waals surface area contributed by atoms with Crippen LogP contribution in [0.4, 0.5) is 5.69 Å². The summed E-state index contributed by atoms with van der Waals surface area (Å²) in [5, 5.41) is 0. The van der Waals surface area contributed by atoms with Gasteiger partial charge in [-0.3, -0.25) is 4.52 Å². The molecule has 0 aliphatic carbocycles. The van der Waals surface area contributed by atoms with Gasteiger partial charge in [0, 0.05) is 19.8 Å². The normalized spacial score (nSPS) is 10.8. The van der Waals surface area contributed by atoms with E-state index >= 15 is 0 Å². The van der Waals surface area contributed by atoms with Crippen LogP contribution in [0.3, 0.4) is 0 Å². The average molecular weight is 228 g/mol. The third-order valence-electron chi connectivity index (χ3n) is 1.65.